The van der Waals surface area contributed by atoms with Crippen LogP contribution in [0.3, 0.4) is 0 Å². The van der Waals surface area contributed by atoms with Gasteiger partial charge in [-0.3, -0.25) is 0 Å². The van der Waals surface area contributed by atoms with E-state index in [1.807, 2.05) is 0 Å². The maximum atomic E-state index is 15.4. The van der Waals surface area contributed by atoms with Gasteiger partial charge in [0.2, 0.25) is 5.60 Å². The Morgan fingerprint density at radius 3 is 2.19 bits per heavy atom. The van der Waals surface area contributed by atoms with Gasteiger partial charge >= 0.3 is 18.1 Å². The molecular formula is C18H23F5O3. The van der Waals surface area contributed by atoms with E-state index in [0.29, 0.717) is 6.42 Å². The molecule has 0 radical (unpaired) electrons. The molecule has 148 valence electrons. The molecule has 0 saturated heterocycles. The van der Waals surface area contributed by atoms with Crippen LogP contribution in [0.25, 0.3) is 0 Å². The average molecular weight is 382 g/mol. The van der Waals surface area contributed by atoms with Crippen LogP contribution in [0.4, 0.5) is 22.0 Å². The fourth-order valence-corrected chi connectivity index (χ4v) is 5.35. The van der Waals surface area contributed by atoms with Gasteiger partial charge in [0.1, 0.15) is 0 Å². The van der Waals surface area contributed by atoms with Crippen LogP contribution in [0.2, 0.25) is 0 Å². The Bertz CT molecular complexity index is 633. The number of hydrogen-bond donors (Lipinski definition) is 1. The fourth-order valence-electron chi connectivity index (χ4n) is 5.35. The number of hydrogen-bond acceptors (Lipinski definition) is 3. The summed E-state index contributed by atoms with van der Waals surface area (Å²) >= 11 is 0. The van der Waals surface area contributed by atoms with Crippen LogP contribution in [0, 0.1) is 17.3 Å². The third-order valence-corrected chi connectivity index (χ3v) is 6.78. The lowest BCUT2D eigenvalue weighted by Crippen LogP contribution is -2.78. The van der Waals surface area contributed by atoms with E-state index in [1.165, 1.54) is 6.92 Å². The van der Waals surface area contributed by atoms with E-state index in [0.717, 1.165) is 6.42 Å². The monoisotopic (exact) mass is 382 g/mol. The van der Waals surface area contributed by atoms with Crippen molar-refractivity contribution in [1.29, 1.82) is 0 Å². The molecule has 8 heteroatoms. The minimum atomic E-state index is -5.58. The van der Waals surface area contributed by atoms with E-state index in [4.69, 9.17) is 4.74 Å². The highest BCUT2D eigenvalue weighted by atomic mass is 19.4. The van der Waals surface area contributed by atoms with Crippen LogP contribution in [0.1, 0.15) is 52.4 Å². The van der Waals surface area contributed by atoms with E-state index in [-0.39, 0.29) is 43.6 Å². The first kappa shape index (κ1) is 19.6. The summed E-state index contributed by atoms with van der Waals surface area (Å²) in [6.45, 7) is 4.67. The molecule has 4 saturated carbocycles. The first-order chi connectivity index (χ1) is 11.7. The van der Waals surface area contributed by atoms with E-state index < -0.39 is 41.1 Å². The van der Waals surface area contributed by atoms with Crippen LogP contribution in [-0.2, 0) is 9.53 Å². The highest BCUT2D eigenvalue weighted by Gasteiger charge is 2.82. The molecule has 0 aromatic carbocycles. The lowest BCUT2D eigenvalue weighted by atomic mass is 9.40. The Balaban J connectivity index is 2.13. The summed E-state index contributed by atoms with van der Waals surface area (Å²) in [5.74, 6) is -7.67. The second-order valence-corrected chi connectivity index (χ2v) is 8.51. The van der Waals surface area contributed by atoms with Crippen molar-refractivity contribution in [1.82, 2.24) is 0 Å². The summed E-state index contributed by atoms with van der Waals surface area (Å²) in [6, 6.07) is 0. The molecule has 3 nitrogen and oxygen atoms in total. The highest BCUT2D eigenvalue weighted by Crippen LogP contribution is 2.72. The number of ether oxygens (including phenoxy) is 1. The lowest BCUT2D eigenvalue weighted by molar-refractivity contribution is -0.397. The maximum Gasteiger partial charge on any atom is 0.423 e. The molecule has 4 fully saturated rings. The molecular weight excluding hydrogens is 359 g/mol. The molecule has 1 N–H and O–H groups in total. The van der Waals surface area contributed by atoms with Crippen molar-refractivity contribution in [2.24, 2.45) is 17.3 Å². The molecule has 1 spiro atoms. The molecule has 0 aliphatic heterocycles. The molecule has 0 amide bonds. The number of esters is 1. The molecule has 3 unspecified atom stereocenters. The molecule has 4 aliphatic carbocycles. The minimum absolute atomic E-state index is 0.0622. The van der Waals surface area contributed by atoms with E-state index in [1.54, 1.807) is 0 Å². The van der Waals surface area contributed by atoms with Crippen LogP contribution in [0.5, 0.6) is 0 Å². The Morgan fingerprint density at radius 1 is 1.15 bits per heavy atom. The fraction of sp³-hybridized carbons (Fsp3) is 0.833. The van der Waals surface area contributed by atoms with Crippen molar-refractivity contribution in [3.05, 3.63) is 12.2 Å². The summed E-state index contributed by atoms with van der Waals surface area (Å²) < 4.78 is 76.0. The third-order valence-electron chi connectivity index (χ3n) is 6.78. The van der Waals surface area contributed by atoms with Gasteiger partial charge in [-0.15, -0.1) is 0 Å². The van der Waals surface area contributed by atoms with Crippen LogP contribution in [-0.4, -0.2) is 34.4 Å². The molecule has 0 aromatic heterocycles. The van der Waals surface area contributed by atoms with Crippen molar-refractivity contribution in [3.63, 3.8) is 0 Å². The SMILES string of the molecule is C=C(C)C(=O)OC1(C(F)(F)C(C)(O)C(F)(F)F)C2CCCC3(C2)CC1C3. The Morgan fingerprint density at radius 2 is 1.69 bits per heavy atom. The molecule has 3 atom stereocenters. The van der Waals surface area contributed by atoms with Crippen molar-refractivity contribution in [2.75, 3.05) is 0 Å². The first-order valence-corrected chi connectivity index (χ1v) is 8.76. The molecule has 3 bridgehead atoms. The summed E-state index contributed by atoms with van der Waals surface area (Å²) in [7, 11) is 0. The van der Waals surface area contributed by atoms with Gasteiger partial charge in [-0.25, -0.2) is 4.79 Å². The Kier molecular flexibility index (Phi) is 4.08. The maximum absolute atomic E-state index is 15.4. The van der Waals surface area contributed by atoms with Crippen molar-refractivity contribution in [2.45, 2.75) is 75.7 Å². The Hall–Kier alpha value is -1.18. The number of halogens is 5. The number of carbonyl (C=O) groups excluding carboxylic acids is 1. The summed E-state index contributed by atoms with van der Waals surface area (Å²) in [5.41, 5.74) is -7.29. The zero-order valence-electron chi connectivity index (χ0n) is 14.8. The van der Waals surface area contributed by atoms with Crippen LogP contribution < -0.4 is 0 Å². The second kappa shape index (κ2) is 5.42. The van der Waals surface area contributed by atoms with E-state index in [2.05, 4.69) is 6.58 Å². The second-order valence-electron chi connectivity index (χ2n) is 8.51. The first-order valence-electron chi connectivity index (χ1n) is 8.76. The molecule has 26 heavy (non-hydrogen) atoms. The van der Waals surface area contributed by atoms with Gasteiger partial charge in [-0.05, 0) is 51.4 Å². The topological polar surface area (TPSA) is 46.5 Å². The molecule has 4 aliphatic rings. The van der Waals surface area contributed by atoms with Crippen molar-refractivity contribution >= 4 is 5.97 Å². The van der Waals surface area contributed by atoms with Crippen LogP contribution >= 0.6 is 0 Å². The lowest BCUT2D eigenvalue weighted by Gasteiger charge is -2.68. The van der Waals surface area contributed by atoms with Crippen molar-refractivity contribution in [3.8, 4) is 0 Å². The van der Waals surface area contributed by atoms with Gasteiger partial charge in [-0.2, -0.15) is 22.0 Å². The standard InChI is InChI=1S/C18H23F5O3/c1-10(2)13(24)26-16(17(19,20)14(3,25)18(21,22)23)11-5-4-6-15(7-11)8-12(16)9-15/h11-12,25H,1,4-9H2,2-3H3. The molecule has 0 heterocycles. The summed E-state index contributed by atoms with van der Waals surface area (Å²) in [4.78, 5) is 12.1. The smallest absolute Gasteiger partial charge is 0.423 e. The van der Waals surface area contributed by atoms with Crippen molar-refractivity contribution < 1.29 is 36.6 Å². The highest BCUT2D eigenvalue weighted by molar-refractivity contribution is 5.87. The van der Waals surface area contributed by atoms with E-state index in [9.17, 15) is 23.1 Å². The number of rotatable bonds is 4. The van der Waals surface area contributed by atoms with Gasteiger partial charge in [0.15, 0.2) is 5.60 Å². The number of carbonyl (C=O) groups is 1. The van der Waals surface area contributed by atoms with Gasteiger partial charge in [-0.1, -0.05) is 13.0 Å². The normalized spacial score (nSPS) is 38.8. The largest absolute Gasteiger partial charge is 0.449 e. The zero-order chi connectivity index (χ0) is 19.8. The molecule has 4 rings (SSSR count). The minimum Gasteiger partial charge on any atom is -0.449 e. The molecule has 0 aromatic rings. The summed E-state index contributed by atoms with van der Waals surface area (Å²) in [5, 5.41) is 9.89. The third kappa shape index (κ3) is 2.29. The average Bonchev–Trinajstić information content (AvgIpc) is 2.47. The quantitative estimate of drug-likeness (QED) is 0.446. The van der Waals surface area contributed by atoms with Crippen LogP contribution in [0.15, 0.2) is 12.2 Å². The summed E-state index contributed by atoms with van der Waals surface area (Å²) in [6.07, 6.45) is -3.03. The predicted octanol–water partition coefficient (Wildman–Crippen LogP) is 4.39. The van der Waals surface area contributed by atoms with Gasteiger partial charge in [0, 0.05) is 17.4 Å². The zero-order valence-corrected chi connectivity index (χ0v) is 14.8. The van der Waals surface area contributed by atoms with Gasteiger partial charge in [0.25, 0.3) is 0 Å². The Labute approximate surface area is 148 Å². The van der Waals surface area contributed by atoms with Gasteiger partial charge < -0.3 is 9.84 Å². The number of aliphatic hydroxyl groups is 1. The number of alkyl halides is 5. The predicted molar refractivity (Wildman–Crippen MR) is 82.4 cm³/mol. The van der Waals surface area contributed by atoms with E-state index >= 15 is 8.78 Å². The van der Waals surface area contributed by atoms with Gasteiger partial charge in [0.05, 0.1) is 0 Å².